The monoisotopic (exact) mass is 251 g/mol. The van der Waals surface area contributed by atoms with Gasteiger partial charge in [-0.1, -0.05) is 6.92 Å². The van der Waals surface area contributed by atoms with E-state index in [-0.39, 0.29) is 0 Å². The third-order valence-electron chi connectivity index (χ3n) is 4.04. The lowest BCUT2D eigenvalue weighted by molar-refractivity contribution is -0.0152. The molecule has 0 bridgehead atoms. The molecule has 18 heavy (non-hydrogen) atoms. The van der Waals surface area contributed by atoms with E-state index in [2.05, 4.69) is 23.9 Å². The Kier molecular flexibility index (Phi) is 4.78. The Morgan fingerprint density at radius 2 is 2.28 bits per heavy atom. The highest BCUT2D eigenvalue weighted by Gasteiger charge is 2.30. The molecule has 2 N–H and O–H groups in total. The maximum Gasteiger partial charge on any atom is 0.0873 e. The van der Waals surface area contributed by atoms with E-state index in [0.29, 0.717) is 18.8 Å². The Morgan fingerprint density at radius 3 is 2.94 bits per heavy atom. The summed E-state index contributed by atoms with van der Waals surface area (Å²) in [6.45, 7) is 3.67. The van der Waals surface area contributed by atoms with Crippen LogP contribution in [-0.2, 0) is 4.74 Å². The zero-order valence-corrected chi connectivity index (χ0v) is 11.5. The fraction of sp³-hybridized carbons (Fsp3) is 0.786. The summed E-state index contributed by atoms with van der Waals surface area (Å²) >= 11 is 0. The van der Waals surface area contributed by atoms with Crippen LogP contribution < -0.4 is 5.73 Å². The number of ether oxygens (including phenoxy) is 1. The average Bonchev–Trinajstić information content (AvgIpc) is 2.32. The molecule has 1 heterocycles. The summed E-state index contributed by atoms with van der Waals surface area (Å²) in [5, 5.41) is 0. The highest BCUT2D eigenvalue weighted by atomic mass is 16.5. The van der Waals surface area contributed by atoms with E-state index in [4.69, 9.17) is 10.5 Å². The third kappa shape index (κ3) is 3.12. The molecule has 2 rings (SSSR count). The lowest BCUT2D eigenvalue weighted by Crippen LogP contribution is -2.41. The van der Waals surface area contributed by atoms with Crippen LogP contribution in [0.2, 0.25) is 0 Å². The molecule has 0 spiro atoms. The van der Waals surface area contributed by atoms with Crippen LogP contribution in [0.5, 0.6) is 0 Å². The molecule has 1 aliphatic carbocycles. The van der Waals surface area contributed by atoms with Gasteiger partial charge in [0.25, 0.3) is 0 Å². The zero-order valence-electron chi connectivity index (χ0n) is 11.5. The van der Waals surface area contributed by atoms with Crippen molar-refractivity contribution in [1.29, 1.82) is 0 Å². The second-order valence-electron chi connectivity index (χ2n) is 5.36. The molecule has 0 aromatic carbocycles. The van der Waals surface area contributed by atoms with E-state index in [1.54, 1.807) is 0 Å². The molecule has 0 saturated heterocycles. The van der Waals surface area contributed by atoms with Crippen LogP contribution >= 0.6 is 0 Å². The van der Waals surface area contributed by atoms with Gasteiger partial charge in [-0.2, -0.15) is 0 Å². The number of nitrogens with zero attached hydrogens (tertiary/aromatic N) is 2. The van der Waals surface area contributed by atoms with Gasteiger partial charge in [-0.25, -0.2) is 0 Å². The lowest BCUT2D eigenvalue weighted by Gasteiger charge is -2.36. The minimum Gasteiger partial charge on any atom is -0.372 e. The summed E-state index contributed by atoms with van der Waals surface area (Å²) in [7, 11) is 2.10. The summed E-state index contributed by atoms with van der Waals surface area (Å²) in [6.07, 6.45) is 8.88. The largest absolute Gasteiger partial charge is 0.372 e. The van der Waals surface area contributed by atoms with Gasteiger partial charge >= 0.3 is 0 Å². The average molecular weight is 251 g/mol. The molecule has 1 fully saturated rings. The van der Waals surface area contributed by atoms with E-state index < -0.39 is 0 Å². The molecule has 4 nitrogen and oxygen atoms in total. The predicted octanol–water partition coefficient (Wildman–Crippen LogP) is 1.77. The molecule has 0 aromatic heterocycles. The minimum atomic E-state index is 0.398. The molecule has 4 heteroatoms. The van der Waals surface area contributed by atoms with Crippen LogP contribution in [0.25, 0.3) is 0 Å². The van der Waals surface area contributed by atoms with E-state index in [9.17, 15) is 0 Å². The van der Waals surface area contributed by atoms with Crippen molar-refractivity contribution in [1.82, 2.24) is 4.90 Å². The molecular weight excluding hydrogens is 226 g/mol. The van der Waals surface area contributed by atoms with Gasteiger partial charge in [0.15, 0.2) is 0 Å². The molecule has 0 aromatic rings. The first kappa shape index (κ1) is 13.6. The molecule has 2 aliphatic rings. The summed E-state index contributed by atoms with van der Waals surface area (Å²) in [5.41, 5.74) is 6.71. The molecule has 1 saturated carbocycles. The van der Waals surface area contributed by atoms with Gasteiger partial charge in [-0.3, -0.25) is 4.99 Å². The molecule has 102 valence electrons. The Labute approximate surface area is 110 Å². The van der Waals surface area contributed by atoms with Crippen LogP contribution in [0, 0.1) is 5.92 Å². The van der Waals surface area contributed by atoms with E-state index in [0.717, 1.165) is 31.0 Å². The quantitative estimate of drug-likeness (QED) is 0.782. The molecule has 0 radical (unpaired) electrons. The molecular formula is C14H25N3O. The van der Waals surface area contributed by atoms with Crippen molar-refractivity contribution >= 4 is 5.71 Å². The number of nitrogens with two attached hydrogens (primary N) is 1. The maximum absolute atomic E-state index is 5.94. The van der Waals surface area contributed by atoms with Crippen molar-refractivity contribution in [3.63, 3.8) is 0 Å². The second kappa shape index (κ2) is 6.34. The topological polar surface area (TPSA) is 50.9 Å². The SMILES string of the molecule is CCC1C(COC2CC(CCN)C2)=NC=CN1C. The van der Waals surface area contributed by atoms with Crippen molar-refractivity contribution in [2.45, 2.75) is 44.8 Å². The van der Waals surface area contributed by atoms with E-state index >= 15 is 0 Å². The van der Waals surface area contributed by atoms with Crippen molar-refractivity contribution in [2.24, 2.45) is 16.6 Å². The fourth-order valence-electron chi connectivity index (χ4n) is 2.80. The normalized spacial score (nSPS) is 31.2. The van der Waals surface area contributed by atoms with Crippen LogP contribution in [0.3, 0.4) is 0 Å². The lowest BCUT2D eigenvalue weighted by atomic mass is 9.80. The smallest absolute Gasteiger partial charge is 0.0873 e. The standard InChI is InChI=1S/C14H25N3O/c1-3-14-13(16-6-7-17(14)2)10-18-12-8-11(9-12)4-5-15/h6-7,11-12,14H,3-5,8-10,15H2,1-2H3. The van der Waals surface area contributed by atoms with Gasteiger partial charge in [0, 0.05) is 19.4 Å². The van der Waals surface area contributed by atoms with Gasteiger partial charge in [-0.15, -0.1) is 0 Å². The van der Waals surface area contributed by atoms with Crippen molar-refractivity contribution in [3.05, 3.63) is 12.4 Å². The number of hydrogen-bond acceptors (Lipinski definition) is 4. The van der Waals surface area contributed by atoms with Gasteiger partial charge in [-0.05, 0) is 38.1 Å². The first-order valence-electron chi connectivity index (χ1n) is 7.01. The van der Waals surface area contributed by atoms with Crippen LogP contribution in [0.15, 0.2) is 17.4 Å². The number of aliphatic imine (C=N–C) groups is 1. The highest BCUT2D eigenvalue weighted by molar-refractivity contribution is 5.91. The minimum absolute atomic E-state index is 0.398. The molecule has 1 atom stereocenters. The zero-order chi connectivity index (χ0) is 13.0. The van der Waals surface area contributed by atoms with Gasteiger partial charge < -0.3 is 15.4 Å². The summed E-state index contributed by atoms with van der Waals surface area (Å²) in [5.74, 6) is 0.790. The van der Waals surface area contributed by atoms with Crippen LogP contribution in [-0.4, -0.2) is 43.0 Å². The molecule has 1 unspecified atom stereocenters. The van der Waals surface area contributed by atoms with Crippen molar-refractivity contribution < 1.29 is 4.74 Å². The Bertz CT molecular complexity index is 321. The first-order valence-corrected chi connectivity index (χ1v) is 7.01. The van der Waals surface area contributed by atoms with Gasteiger partial charge in [0.1, 0.15) is 0 Å². The van der Waals surface area contributed by atoms with Crippen LogP contribution in [0.1, 0.15) is 32.6 Å². The van der Waals surface area contributed by atoms with Crippen molar-refractivity contribution in [3.8, 4) is 0 Å². The van der Waals surface area contributed by atoms with E-state index in [1.165, 1.54) is 12.8 Å². The first-order chi connectivity index (χ1) is 8.74. The van der Waals surface area contributed by atoms with Gasteiger partial charge in [0.05, 0.1) is 24.5 Å². The molecule has 1 aliphatic heterocycles. The summed E-state index contributed by atoms with van der Waals surface area (Å²) in [6, 6.07) is 0.398. The molecule has 0 amide bonds. The third-order valence-corrected chi connectivity index (χ3v) is 4.04. The summed E-state index contributed by atoms with van der Waals surface area (Å²) < 4.78 is 5.94. The Hall–Kier alpha value is -0.870. The predicted molar refractivity (Wildman–Crippen MR) is 74.6 cm³/mol. The number of hydrogen-bond donors (Lipinski definition) is 1. The summed E-state index contributed by atoms with van der Waals surface area (Å²) in [4.78, 5) is 6.68. The fourth-order valence-corrected chi connectivity index (χ4v) is 2.80. The maximum atomic E-state index is 5.94. The second-order valence-corrected chi connectivity index (χ2v) is 5.36. The Morgan fingerprint density at radius 1 is 1.50 bits per heavy atom. The van der Waals surface area contributed by atoms with Crippen molar-refractivity contribution in [2.75, 3.05) is 20.2 Å². The Balaban J connectivity index is 1.74. The highest BCUT2D eigenvalue weighted by Crippen LogP contribution is 2.32. The van der Waals surface area contributed by atoms with E-state index in [1.807, 2.05) is 12.4 Å². The number of rotatable bonds is 6. The van der Waals surface area contributed by atoms with Crippen LogP contribution in [0.4, 0.5) is 0 Å². The van der Waals surface area contributed by atoms with Gasteiger partial charge in [0.2, 0.25) is 0 Å².